The van der Waals surface area contributed by atoms with E-state index < -0.39 is 5.97 Å². The predicted molar refractivity (Wildman–Crippen MR) is 46.7 cm³/mol. The molecule has 1 N–H and O–H groups in total. The third-order valence-electron chi connectivity index (χ3n) is 0.998. The van der Waals surface area contributed by atoms with Crippen molar-refractivity contribution in [3.63, 3.8) is 0 Å². The van der Waals surface area contributed by atoms with Crippen molar-refractivity contribution < 1.29 is 9.90 Å². The molecule has 0 spiro atoms. The van der Waals surface area contributed by atoms with Gasteiger partial charge in [-0.15, -0.1) is 0 Å². The van der Waals surface area contributed by atoms with E-state index in [-0.39, 0.29) is 5.57 Å². The van der Waals surface area contributed by atoms with Crippen LogP contribution in [-0.2, 0) is 4.79 Å². The first-order valence-electron chi connectivity index (χ1n) is 3.45. The molecule has 0 fully saturated rings. The Hall–Kier alpha value is -0.830. The molecule has 3 heteroatoms. The maximum atomic E-state index is 9.60. The van der Waals surface area contributed by atoms with Crippen LogP contribution in [0.25, 0.3) is 0 Å². The molecule has 0 heterocycles. The highest BCUT2D eigenvalue weighted by Crippen LogP contribution is 1.81. The van der Waals surface area contributed by atoms with Crippen molar-refractivity contribution in [3.8, 4) is 0 Å². The van der Waals surface area contributed by atoms with E-state index in [0.717, 1.165) is 6.54 Å². The van der Waals surface area contributed by atoms with Gasteiger partial charge >= 0.3 is 5.97 Å². The molecule has 0 saturated carbocycles. The Morgan fingerprint density at radius 1 is 1.55 bits per heavy atom. The fraction of sp³-hybridized carbons (Fsp3) is 0.625. The maximum absolute atomic E-state index is 9.60. The van der Waals surface area contributed by atoms with E-state index in [1.54, 1.807) is 0 Å². The van der Waals surface area contributed by atoms with Crippen molar-refractivity contribution in [1.82, 2.24) is 4.90 Å². The Kier molecular flexibility index (Phi) is 8.48. The minimum absolute atomic E-state index is 0.176. The van der Waals surface area contributed by atoms with E-state index in [1.165, 1.54) is 6.92 Å². The zero-order chi connectivity index (χ0) is 9.44. The summed E-state index contributed by atoms with van der Waals surface area (Å²) in [7, 11) is 4.11. The van der Waals surface area contributed by atoms with E-state index in [0.29, 0.717) is 0 Å². The summed E-state index contributed by atoms with van der Waals surface area (Å²) in [4.78, 5) is 11.7. The van der Waals surface area contributed by atoms with Crippen LogP contribution in [0.2, 0.25) is 0 Å². The molecule has 0 amide bonds. The number of rotatable bonds is 2. The third-order valence-corrected chi connectivity index (χ3v) is 0.998. The first-order chi connectivity index (χ1) is 4.91. The van der Waals surface area contributed by atoms with Crippen LogP contribution in [0.1, 0.15) is 13.8 Å². The lowest BCUT2D eigenvalue weighted by Gasteiger charge is -2.00. The molecule has 11 heavy (non-hydrogen) atoms. The summed E-state index contributed by atoms with van der Waals surface area (Å²) in [5.74, 6) is -0.935. The van der Waals surface area contributed by atoms with Gasteiger partial charge in [-0.1, -0.05) is 13.5 Å². The first kappa shape index (κ1) is 12.8. The van der Waals surface area contributed by atoms with Crippen LogP contribution in [-0.4, -0.2) is 36.6 Å². The minimum Gasteiger partial charge on any atom is -0.478 e. The summed E-state index contributed by atoms with van der Waals surface area (Å²) in [5, 5.41) is 7.89. The average Bonchev–Trinajstić information content (AvgIpc) is 1.89. The second-order valence-corrected chi connectivity index (χ2v) is 2.48. The summed E-state index contributed by atoms with van der Waals surface area (Å²) in [5.41, 5.74) is 0.176. The maximum Gasteiger partial charge on any atom is 0.330 e. The molecule has 3 nitrogen and oxygen atoms in total. The molecule has 0 radical (unpaired) electrons. The largest absolute Gasteiger partial charge is 0.478 e. The van der Waals surface area contributed by atoms with Gasteiger partial charge in [-0.25, -0.2) is 4.79 Å². The molecule has 66 valence electrons. The Morgan fingerprint density at radius 2 is 1.73 bits per heavy atom. The van der Waals surface area contributed by atoms with Crippen LogP contribution in [0, 0.1) is 0 Å². The van der Waals surface area contributed by atoms with E-state index in [9.17, 15) is 4.79 Å². The van der Waals surface area contributed by atoms with Crippen LogP contribution >= 0.6 is 0 Å². The van der Waals surface area contributed by atoms with E-state index in [1.807, 2.05) is 0 Å². The zero-order valence-corrected chi connectivity index (χ0v) is 7.72. The topological polar surface area (TPSA) is 40.5 Å². The van der Waals surface area contributed by atoms with Crippen molar-refractivity contribution in [1.29, 1.82) is 0 Å². The summed E-state index contributed by atoms with van der Waals surface area (Å²) < 4.78 is 0. The predicted octanol–water partition coefficient (Wildman–Crippen LogP) is 1.22. The number of hydrogen-bond acceptors (Lipinski definition) is 2. The van der Waals surface area contributed by atoms with Gasteiger partial charge in [0, 0.05) is 5.57 Å². The number of aliphatic carboxylic acids is 1. The molecule has 0 aromatic heterocycles. The number of hydrogen-bond donors (Lipinski definition) is 1. The van der Waals surface area contributed by atoms with Crippen molar-refractivity contribution in [2.75, 3.05) is 20.6 Å². The third kappa shape index (κ3) is 17.6. The van der Waals surface area contributed by atoms with Gasteiger partial charge in [0.25, 0.3) is 0 Å². The Balaban J connectivity index is 0. The lowest BCUT2D eigenvalue weighted by molar-refractivity contribution is -0.132. The summed E-state index contributed by atoms with van der Waals surface area (Å²) in [6.07, 6.45) is 0. The fourth-order valence-electron chi connectivity index (χ4n) is 0. The molecule has 0 rings (SSSR count). The molecule has 0 aliphatic rings. The fourth-order valence-corrected chi connectivity index (χ4v) is 0. The molecular formula is C8H17NO2. The lowest BCUT2D eigenvalue weighted by atomic mass is 10.4. The van der Waals surface area contributed by atoms with Crippen LogP contribution < -0.4 is 0 Å². The highest BCUT2D eigenvalue weighted by atomic mass is 16.4. The van der Waals surface area contributed by atoms with Gasteiger partial charge < -0.3 is 10.0 Å². The van der Waals surface area contributed by atoms with Gasteiger partial charge in [0.15, 0.2) is 0 Å². The van der Waals surface area contributed by atoms with Crippen LogP contribution in [0.3, 0.4) is 0 Å². The van der Waals surface area contributed by atoms with E-state index >= 15 is 0 Å². The second kappa shape index (κ2) is 7.28. The Morgan fingerprint density at radius 3 is 1.73 bits per heavy atom. The summed E-state index contributed by atoms with van der Waals surface area (Å²) in [6, 6.07) is 0. The first-order valence-corrected chi connectivity index (χ1v) is 3.45. The molecule has 0 atom stereocenters. The van der Waals surface area contributed by atoms with Crippen molar-refractivity contribution >= 4 is 5.97 Å². The number of carbonyl (C=O) groups is 1. The highest BCUT2D eigenvalue weighted by Gasteiger charge is 1.90. The molecule has 0 saturated heterocycles. The van der Waals surface area contributed by atoms with Crippen LogP contribution in [0.4, 0.5) is 0 Å². The van der Waals surface area contributed by atoms with Crippen LogP contribution in [0.15, 0.2) is 12.2 Å². The van der Waals surface area contributed by atoms with Gasteiger partial charge in [-0.05, 0) is 27.6 Å². The average molecular weight is 159 g/mol. The van der Waals surface area contributed by atoms with Gasteiger partial charge in [0.05, 0.1) is 0 Å². The number of carboxylic acids is 1. The van der Waals surface area contributed by atoms with Crippen molar-refractivity contribution in [2.24, 2.45) is 0 Å². The number of nitrogens with zero attached hydrogens (tertiary/aromatic N) is 1. The second-order valence-electron chi connectivity index (χ2n) is 2.48. The van der Waals surface area contributed by atoms with Crippen LogP contribution in [0.5, 0.6) is 0 Å². The quantitative estimate of drug-likeness (QED) is 0.616. The minimum atomic E-state index is -0.935. The monoisotopic (exact) mass is 159 g/mol. The standard InChI is InChI=1S/C4H11N.C4H6O2/c1-4-5(2)3;1-3(2)4(5)6/h4H2,1-3H3;1H2,2H3,(H,5,6). The summed E-state index contributed by atoms with van der Waals surface area (Å²) in [6.45, 7) is 7.87. The molecule has 0 unspecified atom stereocenters. The van der Waals surface area contributed by atoms with Gasteiger partial charge in [-0.2, -0.15) is 0 Å². The Labute approximate surface area is 68.3 Å². The molecule has 0 aliphatic carbocycles. The molecule has 0 aromatic carbocycles. The smallest absolute Gasteiger partial charge is 0.330 e. The molecule has 0 aliphatic heterocycles. The SMILES string of the molecule is C=C(C)C(=O)O.CCN(C)C. The van der Waals surface area contributed by atoms with Crippen molar-refractivity contribution in [2.45, 2.75) is 13.8 Å². The van der Waals surface area contributed by atoms with Gasteiger partial charge in [0.1, 0.15) is 0 Å². The Bertz CT molecular complexity index is 118. The summed E-state index contributed by atoms with van der Waals surface area (Å²) >= 11 is 0. The molecular weight excluding hydrogens is 142 g/mol. The normalized spacial score (nSPS) is 8.45. The van der Waals surface area contributed by atoms with Gasteiger partial charge in [-0.3, -0.25) is 0 Å². The van der Waals surface area contributed by atoms with Gasteiger partial charge in [0.2, 0.25) is 0 Å². The zero-order valence-electron chi connectivity index (χ0n) is 7.72. The molecule has 0 aromatic rings. The number of carboxylic acid groups (broad SMARTS) is 1. The van der Waals surface area contributed by atoms with E-state index in [4.69, 9.17) is 5.11 Å². The molecule has 0 bridgehead atoms. The lowest BCUT2D eigenvalue weighted by Crippen LogP contribution is -2.08. The van der Waals surface area contributed by atoms with Crippen molar-refractivity contribution in [3.05, 3.63) is 12.2 Å². The highest BCUT2D eigenvalue weighted by molar-refractivity contribution is 5.84. The van der Waals surface area contributed by atoms with E-state index in [2.05, 4.69) is 32.5 Å².